The number of sulfonamides is 1. The van der Waals surface area contributed by atoms with Gasteiger partial charge in [0.2, 0.25) is 0 Å². The molecule has 2 atom stereocenters. The summed E-state index contributed by atoms with van der Waals surface area (Å²) in [5, 5.41) is 0. The Kier molecular flexibility index (Phi) is 5.56. The first-order valence-electron chi connectivity index (χ1n) is 10.9. The quantitative estimate of drug-likeness (QED) is 0.377. The van der Waals surface area contributed by atoms with Gasteiger partial charge in [-0.2, -0.15) is 0 Å². The van der Waals surface area contributed by atoms with Crippen molar-refractivity contribution in [3.05, 3.63) is 138 Å². The predicted octanol–water partition coefficient (Wildman–Crippen LogP) is 5.93. The number of hydrogen-bond acceptors (Lipinski definition) is 3. The fourth-order valence-corrected chi connectivity index (χ4v) is 5.89. The standard InChI is InChI=1S/C28H24N2O2S/c1-21-17-19-25(20-18-21)33(31,32)30-27(23-13-7-3-8-14-23)26(22-11-5-2-6-12-22)29-28(30)24-15-9-4-10-16-24/h2-20,26-27H,1H3/t26-,27-/m0/s1. The van der Waals surface area contributed by atoms with Crippen LogP contribution >= 0.6 is 0 Å². The molecule has 4 aromatic rings. The highest BCUT2D eigenvalue weighted by Gasteiger charge is 2.45. The summed E-state index contributed by atoms with van der Waals surface area (Å²) in [6.45, 7) is 1.95. The maximum atomic E-state index is 14.1. The highest BCUT2D eigenvalue weighted by molar-refractivity contribution is 7.89. The number of aliphatic imine (C=N–C) groups is 1. The molecule has 0 N–H and O–H groups in total. The van der Waals surface area contributed by atoms with Gasteiger partial charge in [-0.1, -0.05) is 109 Å². The summed E-state index contributed by atoms with van der Waals surface area (Å²) in [5.41, 5.74) is 3.65. The molecule has 4 nitrogen and oxygen atoms in total. The van der Waals surface area contributed by atoms with Crippen LogP contribution in [0.15, 0.2) is 125 Å². The van der Waals surface area contributed by atoms with E-state index in [9.17, 15) is 8.42 Å². The molecule has 0 amide bonds. The summed E-state index contributed by atoms with van der Waals surface area (Å²) in [5.74, 6) is 0.457. The van der Waals surface area contributed by atoms with Crippen LogP contribution in [0.3, 0.4) is 0 Å². The molecule has 4 aromatic carbocycles. The number of aryl methyl sites for hydroxylation is 1. The minimum atomic E-state index is -3.89. The fraction of sp³-hybridized carbons (Fsp3) is 0.107. The van der Waals surface area contributed by atoms with Crippen molar-refractivity contribution in [2.75, 3.05) is 0 Å². The van der Waals surface area contributed by atoms with Crippen LogP contribution in [0, 0.1) is 6.92 Å². The van der Waals surface area contributed by atoms with Crippen LogP contribution < -0.4 is 0 Å². The molecule has 0 saturated carbocycles. The Morgan fingerprint density at radius 1 is 0.667 bits per heavy atom. The molecule has 0 spiro atoms. The normalized spacial score (nSPS) is 18.2. The van der Waals surface area contributed by atoms with Crippen LogP contribution in [0.25, 0.3) is 0 Å². The van der Waals surface area contributed by atoms with Gasteiger partial charge in [-0.3, -0.25) is 4.99 Å². The first-order chi connectivity index (χ1) is 16.1. The molecule has 0 aliphatic carbocycles. The lowest BCUT2D eigenvalue weighted by Gasteiger charge is -2.30. The summed E-state index contributed by atoms with van der Waals surface area (Å²) in [7, 11) is -3.89. The van der Waals surface area contributed by atoms with Gasteiger partial charge < -0.3 is 0 Å². The molecule has 5 heteroatoms. The lowest BCUT2D eigenvalue weighted by molar-refractivity contribution is 0.420. The maximum Gasteiger partial charge on any atom is 0.266 e. The monoisotopic (exact) mass is 452 g/mol. The Morgan fingerprint density at radius 2 is 1.18 bits per heavy atom. The van der Waals surface area contributed by atoms with Gasteiger partial charge in [0.1, 0.15) is 11.9 Å². The predicted molar refractivity (Wildman–Crippen MR) is 132 cm³/mol. The molecule has 1 aliphatic heterocycles. The van der Waals surface area contributed by atoms with E-state index in [0.717, 1.165) is 22.3 Å². The topological polar surface area (TPSA) is 49.7 Å². The molecule has 33 heavy (non-hydrogen) atoms. The van der Waals surface area contributed by atoms with Crippen molar-refractivity contribution in [3.8, 4) is 0 Å². The first-order valence-corrected chi connectivity index (χ1v) is 12.3. The molecule has 5 rings (SSSR count). The fourth-order valence-electron chi connectivity index (χ4n) is 4.27. The zero-order valence-electron chi connectivity index (χ0n) is 18.2. The highest BCUT2D eigenvalue weighted by atomic mass is 32.2. The van der Waals surface area contributed by atoms with Crippen molar-refractivity contribution >= 4 is 15.9 Å². The second kappa shape index (κ2) is 8.68. The molecule has 0 bridgehead atoms. The van der Waals surface area contributed by atoms with E-state index in [-0.39, 0.29) is 10.9 Å². The molecular formula is C28H24N2O2S. The zero-order chi connectivity index (χ0) is 22.8. The van der Waals surface area contributed by atoms with Gasteiger partial charge in [0.15, 0.2) is 0 Å². The number of benzene rings is 4. The van der Waals surface area contributed by atoms with Gasteiger partial charge in [0.25, 0.3) is 10.0 Å². The van der Waals surface area contributed by atoms with E-state index in [4.69, 9.17) is 4.99 Å². The van der Waals surface area contributed by atoms with Crippen LogP contribution in [-0.4, -0.2) is 18.6 Å². The minimum absolute atomic E-state index is 0.256. The van der Waals surface area contributed by atoms with Crippen molar-refractivity contribution in [1.29, 1.82) is 0 Å². The number of rotatable bonds is 5. The van der Waals surface area contributed by atoms with Crippen molar-refractivity contribution in [2.24, 2.45) is 4.99 Å². The van der Waals surface area contributed by atoms with Gasteiger partial charge in [0.05, 0.1) is 10.9 Å². The summed E-state index contributed by atoms with van der Waals surface area (Å²) in [6, 6.07) is 35.3. The number of nitrogens with zero attached hydrogens (tertiary/aromatic N) is 2. The molecule has 0 saturated heterocycles. The van der Waals surface area contributed by atoms with Gasteiger partial charge in [-0.25, -0.2) is 12.7 Å². The average molecular weight is 453 g/mol. The Hall–Kier alpha value is -3.70. The second-order valence-electron chi connectivity index (χ2n) is 8.14. The molecular weight excluding hydrogens is 428 g/mol. The van der Waals surface area contributed by atoms with E-state index in [1.807, 2.05) is 110 Å². The van der Waals surface area contributed by atoms with Crippen LogP contribution in [0.1, 0.15) is 34.3 Å². The van der Waals surface area contributed by atoms with Crippen molar-refractivity contribution < 1.29 is 8.42 Å². The van der Waals surface area contributed by atoms with E-state index in [1.165, 1.54) is 4.31 Å². The van der Waals surface area contributed by atoms with Gasteiger partial charge in [0, 0.05) is 5.56 Å². The highest BCUT2D eigenvalue weighted by Crippen LogP contribution is 2.46. The third-order valence-corrected chi connectivity index (χ3v) is 7.70. The average Bonchev–Trinajstić information content (AvgIpc) is 3.28. The second-order valence-corrected chi connectivity index (χ2v) is 9.96. The number of hydrogen-bond donors (Lipinski definition) is 0. The minimum Gasteiger partial charge on any atom is -0.256 e. The third kappa shape index (κ3) is 3.96. The maximum absolute atomic E-state index is 14.1. The summed E-state index contributed by atoms with van der Waals surface area (Å²) in [4.78, 5) is 5.30. The largest absolute Gasteiger partial charge is 0.266 e. The lowest BCUT2D eigenvalue weighted by atomic mass is 9.95. The Balaban J connectivity index is 1.75. The molecule has 1 aliphatic rings. The van der Waals surface area contributed by atoms with Crippen LogP contribution in [0.5, 0.6) is 0 Å². The molecule has 0 aromatic heterocycles. The summed E-state index contributed by atoms with van der Waals surface area (Å²) in [6.07, 6.45) is 0. The molecule has 164 valence electrons. The van der Waals surface area contributed by atoms with Crippen LogP contribution in [0.4, 0.5) is 0 Å². The number of amidine groups is 1. The van der Waals surface area contributed by atoms with E-state index in [1.54, 1.807) is 12.1 Å². The van der Waals surface area contributed by atoms with E-state index < -0.39 is 16.1 Å². The van der Waals surface area contributed by atoms with Crippen molar-refractivity contribution in [3.63, 3.8) is 0 Å². The third-order valence-electron chi connectivity index (χ3n) is 5.91. The van der Waals surface area contributed by atoms with Crippen molar-refractivity contribution in [1.82, 2.24) is 4.31 Å². The molecule has 0 fully saturated rings. The first kappa shape index (κ1) is 21.2. The van der Waals surface area contributed by atoms with Crippen LogP contribution in [-0.2, 0) is 10.0 Å². The van der Waals surface area contributed by atoms with E-state index in [2.05, 4.69) is 0 Å². The smallest absolute Gasteiger partial charge is 0.256 e. The van der Waals surface area contributed by atoms with Crippen LogP contribution in [0.2, 0.25) is 0 Å². The van der Waals surface area contributed by atoms with E-state index >= 15 is 0 Å². The summed E-state index contributed by atoms with van der Waals surface area (Å²) < 4.78 is 29.8. The van der Waals surface area contributed by atoms with Gasteiger partial charge in [-0.05, 0) is 30.2 Å². The Bertz CT molecular complexity index is 1370. The molecule has 0 unspecified atom stereocenters. The van der Waals surface area contributed by atoms with Crippen molar-refractivity contribution in [2.45, 2.75) is 23.9 Å². The SMILES string of the molecule is Cc1ccc(S(=O)(=O)N2C(c3ccccc3)=N[C@@H](c3ccccc3)[C@@H]2c2ccccc2)cc1. The Labute approximate surface area is 194 Å². The summed E-state index contributed by atoms with van der Waals surface area (Å²) >= 11 is 0. The molecule has 1 heterocycles. The lowest BCUT2D eigenvalue weighted by Crippen LogP contribution is -2.37. The van der Waals surface area contributed by atoms with Gasteiger partial charge >= 0.3 is 0 Å². The van der Waals surface area contributed by atoms with E-state index in [0.29, 0.717) is 5.84 Å². The Morgan fingerprint density at radius 3 is 1.76 bits per heavy atom. The van der Waals surface area contributed by atoms with Gasteiger partial charge in [-0.15, -0.1) is 0 Å². The zero-order valence-corrected chi connectivity index (χ0v) is 19.1. The molecule has 0 radical (unpaired) electrons.